The van der Waals surface area contributed by atoms with Crippen molar-refractivity contribution < 1.29 is 14.0 Å². The van der Waals surface area contributed by atoms with Crippen molar-refractivity contribution in [3.05, 3.63) is 59.5 Å². The van der Waals surface area contributed by atoms with Crippen LogP contribution in [0.25, 0.3) is 0 Å². The minimum absolute atomic E-state index is 0.150. The normalized spacial score (nSPS) is 13.5. The minimum Gasteiger partial charge on any atom is -0.472 e. The van der Waals surface area contributed by atoms with Gasteiger partial charge in [0, 0.05) is 26.1 Å². The van der Waals surface area contributed by atoms with Gasteiger partial charge in [-0.15, -0.1) is 0 Å². The smallest absolute Gasteiger partial charge is 0.254 e. The molecular weight excluding hydrogens is 292 g/mol. The van der Waals surface area contributed by atoms with E-state index in [1.165, 1.54) is 23.7 Å². The average molecular weight is 312 g/mol. The third kappa shape index (κ3) is 3.80. The lowest BCUT2D eigenvalue weighted by atomic mass is 9.99. The van der Waals surface area contributed by atoms with Crippen LogP contribution in [-0.4, -0.2) is 29.8 Å². The Balaban J connectivity index is 1.41. The SMILES string of the molecule is O=C(NCCCC(=O)N1CCc2ccccc2C1)c1ccoc1. The van der Waals surface area contributed by atoms with Crippen molar-refractivity contribution in [1.82, 2.24) is 10.2 Å². The van der Waals surface area contributed by atoms with E-state index in [4.69, 9.17) is 4.42 Å². The zero-order valence-electron chi connectivity index (χ0n) is 13.0. The Kier molecular flexibility index (Phi) is 4.76. The Morgan fingerprint density at radius 3 is 2.78 bits per heavy atom. The Bertz CT molecular complexity index is 679. The van der Waals surface area contributed by atoms with E-state index < -0.39 is 0 Å². The Morgan fingerprint density at radius 2 is 2.00 bits per heavy atom. The fraction of sp³-hybridized carbons (Fsp3) is 0.333. The summed E-state index contributed by atoms with van der Waals surface area (Å²) < 4.78 is 4.87. The predicted octanol–water partition coefficient (Wildman–Crippen LogP) is 2.37. The third-order valence-electron chi connectivity index (χ3n) is 4.12. The molecule has 0 spiro atoms. The number of hydrogen-bond acceptors (Lipinski definition) is 3. The van der Waals surface area contributed by atoms with Crippen LogP contribution in [0, 0.1) is 0 Å². The number of nitrogens with zero attached hydrogens (tertiary/aromatic N) is 1. The van der Waals surface area contributed by atoms with Gasteiger partial charge >= 0.3 is 0 Å². The highest BCUT2D eigenvalue weighted by molar-refractivity contribution is 5.93. The van der Waals surface area contributed by atoms with E-state index >= 15 is 0 Å². The van der Waals surface area contributed by atoms with E-state index in [0.29, 0.717) is 31.5 Å². The average Bonchev–Trinajstić information content (AvgIpc) is 3.12. The number of nitrogens with one attached hydrogen (secondary N) is 1. The van der Waals surface area contributed by atoms with Gasteiger partial charge in [0.1, 0.15) is 6.26 Å². The largest absolute Gasteiger partial charge is 0.472 e. The van der Waals surface area contributed by atoms with Crippen molar-refractivity contribution in [3.63, 3.8) is 0 Å². The van der Waals surface area contributed by atoms with Gasteiger partial charge in [-0.2, -0.15) is 0 Å². The highest BCUT2D eigenvalue weighted by Crippen LogP contribution is 2.19. The Labute approximate surface area is 135 Å². The van der Waals surface area contributed by atoms with Gasteiger partial charge in [-0.1, -0.05) is 24.3 Å². The quantitative estimate of drug-likeness (QED) is 0.862. The molecule has 1 N–H and O–H groups in total. The molecule has 2 heterocycles. The molecule has 5 heteroatoms. The summed E-state index contributed by atoms with van der Waals surface area (Å²) in [5.74, 6) is -0.0184. The molecule has 0 bridgehead atoms. The van der Waals surface area contributed by atoms with Crippen molar-refractivity contribution in [2.45, 2.75) is 25.8 Å². The van der Waals surface area contributed by atoms with Gasteiger partial charge in [-0.05, 0) is 30.0 Å². The fourth-order valence-electron chi connectivity index (χ4n) is 2.80. The van der Waals surface area contributed by atoms with Crippen LogP contribution < -0.4 is 5.32 Å². The molecule has 2 aromatic rings. The lowest BCUT2D eigenvalue weighted by molar-refractivity contribution is -0.132. The molecule has 0 fully saturated rings. The van der Waals surface area contributed by atoms with E-state index in [1.54, 1.807) is 6.07 Å². The van der Waals surface area contributed by atoms with Crippen LogP contribution in [0.2, 0.25) is 0 Å². The number of benzene rings is 1. The molecule has 1 aliphatic heterocycles. The first-order valence-electron chi connectivity index (χ1n) is 7.89. The summed E-state index contributed by atoms with van der Waals surface area (Å²) in [5.41, 5.74) is 3.08. The molecule has 5 nitrogen and oxygen atoms in total. The molecule has 1 aliphatic rings. The molecule has 0 saturated carbocycles. The molecule has 0 saturated heterocycles. The van der Waals surface area contributed by atoms with E-state index in [9.17, 15) is 9.59 Å². The van der Waals surface area contributed by atoms with Gasteiger partial charge in [0.15, 0.2) is 0 Å². The van der Waals surface area contributed by atoms with Crippen LogP contribution in [-0.2, 0) is 17.8 Å². The van der Waals surface area contributed by atoms with E-state index in [1.807, 2.05) is 17.0 Å². The molecule has 1 aromatic heterocycles. The summed E-state index contributed by atoms with van der Waals surface area (Å²) in [6.07, 6.45) is 4.88. The molecule has 3 rings (SSSR count). The van der Waals surface area contributed by atoms with Crippen molar-refractivity contribution in [2.24, 2.45) is 0 Å². The second kappa shape index (κ2) is 7.13. The number of rotatable bonds is 5. The van der Waals surface area contributed by atoms with E-state index in [0.717, 1.165) is 13.0 Å². The Morgan fingerprint density at radius 1 is 1.17 bits per heavy atom. The first-order chi connectivity index (χ1) is 11.2. The first-order valence-corrected chi connectivity index (χ1v) is 7.89. The lowest BCUT2D eigenvalue weighted by Gasteiger charge is -2.29. The van der Waals surface area contributed by atoms with E-state index in [-0.39, 0.29) is 11.8 Å². The van der Waals surface area contributed by atoms with Gasteiger partial charge in [0.25, 0.3) is 5.91 Å². The Hall–Kier alpha value is -2.56. The first kappa shape index (κ1) is 15.3. The number of hydrogen-bond donors (Lipinski definition) is 1. The number of fused-ring (bicyclic) bond motifs is 1. The van der Waals surface area contributed by atoms with Crippen LogP contribution >= 0.6 is 0 Å². The summed E-state index contributed by atoms with van der Waals surface area (Å²) >= 11 is 0. The van der Waals surface area contributed by atoms with Crippen molar-refractivity contribution in [1.29, 1.82) is 0 Å². The van der Waals surface area contributed by atoms with Crippen LogP contribution in [0.3, 0.4) is 0 Å². The number of amides is 2. The predicted molar refractivity (Wildman–Crippen MR) is 85.8 cm³/mol. The molecule has 0 aliphatic carbocycles. The molecule has 0 radical (unpaired) electrons. The van der Waals surface area contributed by atoms with Crippen molar-refractivity contribution in [3.8, 4) is 0 Å². The highest BCUT2D eigenvalue weighted by atomic mass is 16.3. The van der Waals surface area contributed by atoms with Crippen molar-refractivity contribution >= 4 is 11.8 Å². The zero-order valence-corrected chi connectivity index (χ0v) is 13.0. The van der Waals surface area contributed by atoms with Gasteiger partial charge in [-0.25, -0.2) is 0 Å². The molecule has 0 unspecified atom stereocenters. The van der Waals surface area contributed by atoms with Gasteiger partial charge < -0.3 is 14.6 Å². The lowest BCUT2D eigenvalue weighted by Crippen LogP contribution is -2.36. The summed E-state index contributed by atoms with van der Waals surface area (Å²) in [6, 6.07) is 9.88. The maximum atomic E-state index is 12.3. The minimum atomic E-state index is -0.168. The third-order valence-corrected chi connectivity index (χ3v) is 4.12. The highest BCUT2D eigenvalue weighted by Gasteiger charge is 2.19. The summed E-state index contributed by atoms with van der Waals surface area (Å²) in [5, 5.41) is 2.79. The second-order valence-electron chi connectivity index (χ2n) is 5.71. The monoisotopic (exact) mass is 312 g/mol. The molecule has 2 amide bonds. The topological polar surface area (TPSA) is 62.6 Å². The fourth-order valence-corrected chi connectivity index (χ4v) is 2.80. The molecular formula is C18H20N2O3. The zero-order chi connectivity index (χ0) is 16.1. The van der Waals surface area contributed by atoms with Crippen LogP contribution in [0.4, 0.5) is 0 Å². The summed E-state index contributed by atoms with van der Waals surface area (Å²) in [7, 11) is 0. The maximum absolute atomic E-state index is 12.3. The molecule has 23 heavy (non-hydrogen) atoms. The van der Waals surface area contributed by atoms with Gasteiger partial charge in [0.05, 0.1) is 11.8 Å². The van der Waals surface area contributed by atoms with Gasteiger partial charge in [-0.3, -0.25) is 9.59 Å². The number of carbonyl (C=O) groups excluding carboxylic acids is 2. The summed E-state index contributed by atoms with van der Waals surface area (Å²) in [4.78, 5) is 25.9. The van der Waals surface area contributed by atoms with Crippen molar-refractivity contribution in [2.75, 3.05) is 13.1 Å². The van der Waals surface area contributed by atoms with E-state index in [2.05, 4.69) is 17.4 Å². The molecule has 0 atom stereocenters. The second-order valence-corrected chi connectivity index (χ2v) is 5.71. The number of carbonyl (C=O) groups is 2. The van der Waals surface area contributed by atoms with Gasteiger partial charge in [0.2, 0.25) is 5.91 Å². The maximum Gasteiger partial charge on any atom is 0.254 e. The number of furan rings is 1. The van der Waals surface area contributed by atoms with Crippen LogP contribution in [0.15, 0.2) is 47.3 Å². The van der Waals surface area contributed by atoms with Crippen LogP contribution in [0.5, 0.6) is 0 Å². The summed E-state index contributed by atoms with van der Waals surface area (Å²) in [6.45, 7) is 1.95. The molecule has 120 valence electrons. The van der Waals surface area contributed by atoms with Crippen LogP contribution in [0.1, 0.15) is 34.3 Å². The standard InChI is InChI=1S/C18H20N2O3/c21-17(6-3-9-19-18(22)16-8-11-23-13-16)20-10-7-14-4-1-2-5-15(14)12-20/h1-2,4-5,8,11,13H,3,6-7,9-10,12H2,(H,19,22). The molecule has 1 aromatic carbocycles.